The summed E-state index contributed by atoms with van der Waals surface area (Å²) in [5.74, 6) is 0.0993. The molecule has 1 N–H and O–H groups in total. The van der Waals surface area contributed by atoms with Gasteiger partial charge >= 0.3 is 0 Å². The number of amides is 2. The van der Waals surface area contributed by atoms with Crippen LogP contribution in [0.5, 0.6) is 0 Å². The lowest BCUT2D eigenvalue weighted by atomic mass is 9.93. The van der Waals surface area contributed by atoms with E-state index in [4.69, 9.17) is 0 Å². The maximum absolute atomic E-state index is 12.4. The smallest absolute Gasteiger partial charge is 0.254 e. The lowest BCUT2D eigenvalue weighted by molar-refractivity contribution is -0.140. The first-order valence-corrected chi connectivity index (χ1v) is 9.14. The van der Waals surface area contributed by atoms with E-state index in [9.17, 15) is 9.59 Å². The zero-order valence-corrected chi connectivity index (χ0v) is 15.1. The number of hydrogen-bond acceptors (Lipinski definition) is 4. The first-order chi connectivity index (χ1) is 10.8. The van der Waals surface area contributed by atoms with Gasteiger partial charge < -0.3 is 10.2 Å². The molecule has 0 spiro atoms. The Morgan fingerprint density at radius 1 is 1.30 bits per heavy atom. The Labute approximate surface area is 142 Å². The Morgan fingerprint density at radius 3 is 2.52 bits per heavy atom. The van der Waals surface area contributed by atoms with E-state index in [1.54, 1.807) is 18.3 Å². The third-order valence-corrected chi connectivity index (χ3v) is 4.68. The summed E-state index contributed by atoms with van der Waals surface area (Å²) < 4.78 is 0. The van der Waals surface area contributed by atoms with Crippen LogP contribution in [0.1, 0.15) is 44.0 Å². The second kappa shape index (κ2) is 7.34. The van der Waals surface area contributed by atoms with Crippen molar-refractivity contribution in [1.82, 2.24) is 15.2 Å². The Balaban J connectivity index is 1.92. The van der Waals surface area contributed by atoms with E-state index in [0.717, 1.165) is 17.9 Å². The summed E-state index contributed by atoms with van der Waals surface area (Å²) in [5.41, 5.74) is 0.271. The fourth-order valence-electron chi connectivity index (χ4n) is 2.69. The van der Waals surface area contributed by atoms with Crippen LogP contribution in [0.4, 0.5) is 0 Å². The molecule has 1 saturated heterocycles. The minimum absolute atomic E-state index is 0.0805. The first kappa shape index (κ1) is 17.8. The fourth-order valence-corrected chi connectivity index (χ4v) is 3.24. The van der Waals surface area contributed by atoms with Crippen molar-refractivity contribution < 1.29 is 9.59 Å². The third kappa shape index (κ3) is 4.47. The van der Waals surface area contributed by atoms with Crippen LogP contribution >= 0.6 is 11.8 Å². The Hall–Kier alpha value is -1.56. The van der Waals surface area contributed by atoms with Gasteiger partial charge in [0.1, 0.15) is 5.03 Å². The standard InChI is InChI=1S/C17H25N3O2S/c1-17(2,3)16(22)20-10-7-12(8-11-20)19-14(21)13-6-5-9-18-15(13)23-4/h5-6,9,12H,7-8,10-11H2,1-4H3,(H,19,21). The number of thioether (sulfide) groups is 1. The summed E-state index contributed by atoms with van der Waals surface area (Å²) >= 11 is 1.47. The van der Waals surface area contributed by atoms with E-state index in [0.29, 0.717) is 18.7 Å². The van der Waals surface area contributed by atoms with E-state index in [1.807, 2.05) is 31.9 Å². The molecule has 2 amide bonds. The lowest BCUT2D eigenvalue weighted by Gasteiger charge is -2.36. The number of pyridine rings is 1. The van der Waals surface area contributed by atoms with E-state index < -0.39 is 0 Å². The second-order valence-electron chi connectivity index (χ2n) is 6.85. The van der Waals surface area contributed by atoms with E-state index in [1.165, 1.54) is 11.8 Å². The largest absolute Gasteiger partial charge is 0.349 e. The molecule has 0 aromatic carbocycles. The fraction of sp³-hybridized carbons (Fsp3) is 0.588. The molecule has 1 aromatic heterocycles. The van der Waals surface area contributed by atoms with Crippen molar-refractivity contribution in [2.45, 2.75) is 44.7 Å². The molecular formula is C17H25N3O2S. The van der Waals surface area contributed by atoms with Gasteiger partial charge in [-0.25, -0.2) is 4.98 Å². The van der Waals surface area contributed by atoms with Crippen LogP contribution in [0.3, 0.4) is 0 Å². The SMILES string of the molecule is CSc1ncccc1C(=O)NC1CCN(C(=O)C(C)(C)C)CC1. The van der Waals surface area contributed by atoms with Gasteiger partial charge in [0.2, 0.25) is 5.91 Å². The predicted octanol–water partition coefficient (Wildman–Crippen LogP) is 2.57. The molecule has 0 bridgehead atoms. The van der Waals surface area contributed by atoms with Crippen LogP contribution in [0.15, 0.2) is 23.4 Å². The molecule has 0 saturated carbocycles. The molecule has 0 unspecified atom stereocenters. The zero-order valence-electron chi connectivity index (χ0n) is 14.3. The van der Waals surface area contributed by atoms with Gasteiger partial charge in [0.25, 0.3) is 5.91 Å². The van der Waals surface area contributed by atoms with Crippen molar-refractivity contribution >= 4 is 23.6 Å². The summed E-state index contributed by atoms with van der Waals surface area (Å²) in [4.78, 5) is 30.8. The van der Waals surface area contributed by atoms with Crippen molar-refractivity contribution in [2.24, 2.45) is 5.41 Å². The van der Waals surface area contributed by atoms with Crippen LogP contribution in [-0.2, 0) is 4.79 Å². The summed E-state index contributed by atoms with van der Waals surface area (Å²) in [6.07, 6.45) is 5.19. The monoisotopic (exact) mass is 335 g/mol. The van der Waals surface area contributed by atoms with Crippen LogP contribution in [0.2, 0.25) is 0 Å². The molecule has 6 heteroatoms. The van der Waals surface area contributed by atoms with Gasteiger partial charge in [-0.1, -0.05) is 20.8 Å². The number of carbonyl (C=O) groups is 2. The molecule has 1 aliphatic rings. The summed E-state index contributed by atoms with van der Waals surface area (Å²) in [7, 11) is 0. The molecule has 1 aromatic rings. The van der Waals surface area contributed by atoms with E-state index >= 15 is 0 Å². The third-order valence-electron chi connectivity index (χ3n) is 3.97. The van der Waals surface area contributed by atoms with Gasteiger partial charge in [0, 0.05) is 30.7 Å². The van der Waals surface area contributed by atoms with Gasteiger partial charge in [-0.05, 0) is 31.2 Å². The number of nitrogens with zero attached hydrogens (tertiary/aromatic N) is 2. The number of piperidine rings is 1. The summed E-state index contributed by atoms with van der Waals surface area (Å²) in [6, 6.07) is 3.69. The number of hydrogen-bond donors (Lipinski definition) is 1. The minimum atomic E-state index is -0.348. The zero-order chi connectivity index (χ0) is 17.0. The Kier molecular flexibility index (Phi) is 5.68. The molecule has 0 atom stereocenters. The predicted molar refractivity (Wildman–Crippen MR) is 92.5 cm³/mol. The van der Waals surface area contributed by atoms with Gasteiger partial charge in [-0.3, -0.25) is 9.59 Å². The number of likely N-dealkylation sites (tertiary alicyclic amines) is 1. The van der Waals surface area contributed by atoms with Gasteiger partial charge in [-0.15, -0.1) is 11.8 Å². The van der Waals surface area contributed by atoms with Gasteiger partial charge in [-0.2, -0.15) is 0 Å². The van der Waals surface area contributed by atoms with E-state index in [-0.39, 0.29) is 23.3 Å². The lowest BCUT2D eigenvalue weighted by Crippen LogP contribution is -2.49. The Morgan fingerprint density at radius 2 is 1.96 bits per heavy atom. The number of carbonyl (C=O) groups excluding carboxylic acids is 2. The molecule has 23 heavy (non-hydrogen) atoms. The van der Waals surface area contributed by atoms with Crippen LogP contribution in [0.25, 0.3) is 0 Å². The molecule has 5 nitrogen and oxygen atoms in total. The van der Waals surface area contributed by atoms with Gasteiger partial charge in [0.15, 0.2) is 0 Å². The van der Waals surface area contributed by atoms with Crippen molar-refractivity contribution in [1.29, 1.82) is 0 Å². The topological polar surface area (TPSA) is 62.3 Å². The molecule has 0 radical (unpaired) electrons. The van der Waals surface area contributed by atoms with Crippen LogP contribution in [-0.4, -0.2) is 47.1 Å². The molecular weight excluding hydrogens is 310 g/mol. The molecule has 0 aliphatic carbocycles. The normalized spacial score (nSPS) is 16.3. The number of nitrogens with one attached hydrogen (secondary N) is 1. The summed E-state index contributed by atoms with van der Waals surface area (Å²) in [5, 5.41) is 3.82. The molecule has 2 rings (SSSR count). The van der Waals surface area contributed by atoms with Crippen molar-refractivity contribution in [3.63, 3.8) is 0 Å². The highest BCUT2D eigenvalue weighted by atomic mass is 32.2. The average Bonchev–Trinajstić information content (AvgIpc) is 2.54. The summed E-state index contributed by atoms with van der Waals surface area (Å²) in [6.45, 7) is 7.22. The van der Waals surface area contributed by atoms with Crippen molar-refractivity contribution in [2.75, 3.05) is 19.3 Å². The quantitative estimate of drug-likeness (QED) is 0.863. The molecule has 126 valence electrons. The second-order valence-corrected chi connectivity index (χ2v) is 7.65. The number of rotatable bonds is 3. The Bertz CT molecular complexity index is 575. The first-order valence-electron chi connectivity index (χ1n) is 7.92. The number of aromatic nitrogens is 1. The van der Waals surface area contributed by atoms with Crippen LogP contribution in [0, 0.1) is 5.41 Å². The average molecular weight is 335 g/mol. The highest BCUT2D eigenvalue weighted by Gasteiger charge is 2.30. The molecule has 1 aliphatic heterocycles. The van der Waals surface area contributed by atoms with Crippen molar-refractivity contribution in [3.05, 3.63) is 23.9 Å². The van der Waals surface area contributed by atoms with Crippen molar-refractivity contribution in [3.8, 4) is 0 Å². The maximum atomic E-state index is 12.4. The van der Waals surface area contributed by atoms with Gasteiger partial charge in [0.05, 0.1) is 5.56 Å². The highest BCUT2D eigenvalue weighted by molar-refractivity contribution is 7.98. The molecule has 1 fully saturated rings. The minimum Gasteiger partial charge on any atom is -0.349 e. The van der Waals surface area contributed by atoms with E-state index in [2.05, 4.69) is 10.3 Å². The molecule has 2 heterocycles. The highest BCUT2D eigenvalue weighted by Crippen LogP contribution is 2.22. The maximum Gasteiger partial charge on any atom is 0.254 e. The van der Waals surface area contributed by atoms with Crippen LogP contribution < -0.4 is 5.32 Å².